The summed E-state index contributed by atoms with van der Waals surface area (Å²) < 4.78 is 5.56. The first-order valence-electron chi connectivity index (χ1n) is 10.7. The lowest BCUT2D eigenvalue weighted by Gasteiger charge is -2.36. The van der Waals surface area contributed by atoms with E-state index in [0.29, 0.717) is 31.5 Å². The van der Waals surface area contributed by atoms with Crippen LogP contribution in [-0.4, -0.2) is 61.5 Å². The Hall–Kier alpha value is -3.08. The van der Waals surface area contributed by atoms with Crippen LogP contribution in [0.4, 0.5) is 5.69 Å². The Labute approximate surface area is 211 Å². The average Bonchev–Trinajstić information content (AvgIpc) is 3.34. The number of hydrogen-bond acceptors (Lipinski definition) is 5. The maximum atomic E-state index is 12.6. The molecule has 2 N–H and O–H groups in total. The second kappa shape index (κ2) is 12.2. The molecule has 174 valence electrons. The number of anilines is 1. The van der Waals surface area contributed by atoms with Crippen molar-refractivity contribution in [1.29, 1.82) is 0 Å². The third kappa shape index (κ3) is 6.70. The zero-order chi connectivity index (χ0) is 22.2. The molecule has 2 aromatic carbocycles. The number of benzene rings is 2. The van der Waals surface area contributed by atoms with Crippen LogP contribution >= 0.6 is 24.0 Å². The summed E-state index contributed by atoms with van der Waals surface area (Å²) in [6.45, 7) is 3.72. The van der Waals surface area contributed by atoms with Crippen LogP contribution in [0.5, 0.6) is 0 Å². The van der Waals surface area contributed by atoms with Gasteiger partial charge in [0.25, 0.3) is 0 Å². The van der Waals surface area contributed by atoms with E-state index in [4.69, 9.17) is 4.42 Å². The van der Waals surface area contributed by atoms with Gasteiger partial charge >= 0.3 is 0 Å². The fourth-order valence-electron chi connectivity index (χ4n) is 3.62. The standard InChI is InChI=1S/C24H28N6O2.HI/c1-25-24(26-16-20-18-32-23(28-20)19-8-4-2-5-9-19)27-17-22(31)30-14-12-29(13-15-30)21-10-6-3-7-11-21;/h2-11,18H,12-17H2,1H3,(H2,25,26,27);1H. The number of carbonyl (C=O) groups is 1. The SMILES string of the molecule is CN=C(NCC(=O)N1CCN(c2ccccc2)CC1)NCc1coc(-c2ccccc2)n1.I. The summed E-state index contributed by atoms with van der Waals surface area (Å²) in [7, 11) is 1.68. The largest absolute Gasteiger partial charge is 0.444 e. The van der Waals surface area contributed by atoms with Gasteiger partial charge in [-0.3, -0.25) is 9.79 Å². The number of oxazole rings is 1. The Balaban J connectivity index is 0.00000306. The molecule has 9 heteroatoms. The quantitative estimate of drug-likeness (QED) is 0.274. The van der Waals surface area contributed by atoms with Crippen molar-refractivity contribution in [3.05, 3.63) is 72.6 Å². The number of guanidine groups is 1. The predicted octanol–water partition coefficient (Wildman–Crippen LogP) is 2.97. The molecule has 1 aliphatic heterocycles. The number of amides is 1. The number of para-hydroxylation sites is 1. The highest BCUT2D eigenvalue weighted by atomic mass is 127. The molecule has 1 amide bonds. The van der Waals surface area contributed by atoms with Crippen molar-refractivity contribution in [2.75, 3.05) is 44.7 Å². The lowest BCUT2D eigenvalue weighted by Crippen LogP contribution is -2.52. The van der Waals surface area contributed by atoms with Gasteiger partial charge in [-0.05, 0) is 24.3 Å². The fourth-order valence-corrected chi connectivity index (χ4v) is 3.62. The number of hydrogen-bond donors (Lipinski definition) is 2. The van der Waals surface area contributed by atoms with Crippen molar-refractivity contribution in [3.8, 4) is 11.5 Å². The predicted molar refractivity (Wildman–Crippen MR) is 141 cm³/mol. The lowest BCUT2D eigenvalue weighted by molar-refractivity contribution is -0.130. The second-order valence-electron chi connectivity index (χ2n) is 7.49. The van der Waals surface area contributed by atoms with Crippen molar-refractivity contribution < 1.29 is 9.21 Å². The van der Waals surface area contributed by atoms with E-state index in [2.05, 4.69) is 37.6 Å². The molecule has 0 unspecified atom stereocenters. The van der Waals surface area contributed by atoms with Crippen LogP contribution in [0.1, 0.15) is 5.69 Å². The Bertz CT molecular complexity index is 1030. The number of piperazine rings is 1. The van der Waals surface area contributed by atoms with Crippen molar-refractivity contribution in [1.82, 2.24) is 20.5 Å². The smallest absolute Gasteiger partial charge is 0.242 e. The Morgan fingerprint density at radius 3 is 2.33 bits per heavy atom. The van der Waals surface area contributed by atoms with Gasteiger partial charge in [-0.2, -0.15) is 0 Å². The average molecular weight is 560 g/mol. The summed E-state index contributed by atoms with van der Waals surface area (Å²) >= 11 is 0. The summed E-state index contributed by atoms with van der Waals surface area (Å²) in [5.41, 5.74) is 2.89. The van der Waals surface area contributed by atoms with Gasteiger partial charge in [-0.1, -0.05) is 36.4 Å². The first kappa shape index (κ1) is 24.6. The van der Waals surface area contributed by atoms with Crippen LogP contribution in [0, 0.1) is 0 Å². The number of halogens is 1. The zero-order valence-electron chi connectivity index (χ0n) is 18.6. The zero-order valence-corrected chi connectivity index (χ0v) is 20.9. The van der Waals surface area contributed by atoms with E-state index < -0.39 is 0 Å². The van der Waals surface area contributed by atoms with Gasteiger partial charge < -0.3 is 24.9 Å². The van der Waals surface area contributed by atoms with E-state index in [1.807, 2.05) is 53.4 Å². The Kier molecular flexibility index (Phi) is 9.11. The van der Waals surface area contributed by atoms with Gasteiger partial charge in [0.15, 0.2) is 5.96 Å². The second-order valence-corrected chi connectivity index (χ2v) is 7.49. The fraction of sp³-hybridized carbons (Fsp3) is 0.292. The number of rotatable bonds is 6. The van der Waals surface area contributed by atoms with Crippen molar-refractivity contribution in [3.63, 3.8) is 0 Å². The van der Waals surface area contributed by atoms with Gasteiger partial charge in [0.1, 0.15) is 6.26 Å². The third-order valence-electron chi connectivity index (χ3n) is 5.39. The maximum Gasteiger partial charge on any atom is 0.242 e. The van der Waals surface area contributed by atoms with Crippen LogP contribution in [0.15, 0.2) is 76.3 Å². The lowest BCUT2D eigenvalue weighted by atomic mass is 10.2. The van der Waals surface area contributed by atoms with Crippen LogP contribution < -0.4 is 15.5 Å². The van der Waals surface area contributed by atoms with Crippen LogP contribution in [0.3, 0.4) is 0 Å². The Morgan fingerprint density at radius 1 is 1.00 bits per heavy atom. The summed E-state index contributed by atoms with van der Waals surface area (Å²) in [6.07, 6.45) is 1.62. The van der Waals surface area contributed by atoms with Gasteiger partial charge in [0.2, 0.25) is 11.8 Å². The van der Waals surface area contributed by atoms with Crippen LogP contribution in [0.25, 0.3) is 11.5 Å². The molecule has 1 aliphatic rings. The van der Waals surface area contributed by atoms with Crippen molar-refractivity contribution >= 4 is 41.5 Å². The molecule has 0 atom stereocenters. The molecule has 0 aliphatic carbocycles. The molecule has 8 nitrogen and oxygen atoms in total. The maximum absolute atomic E-state index is 12.6. The summed E-state index contributed by atoms with van der Waals surface area (Å²) in [5, 5.41) is 6.27. The molecule has 0 saturated carbocycles. The highest BCUT2D eigenvalue weighted by Crippen LogP contribution is 2.18. The minimum absolute atomic E-state index is 0. The topological polar surface area (TPSA) is 86.0 Å². The third-order valence-corrected chi connectivity index (χ3v) is 5.39. The van der Waals surface area contributed by atoms with Gasteiger partial charge in [-0.15, -0.1) is 24.0 Å². The minimum atomic E-state index is 0. The number of aromatic nitrogens is 1. The van der Waals surface area contributed by atoms with Gasteiger partial charge in [0.05, 0.1) is 18.8 Å². The van der Waals surface area contributed by atoms with Crippen LogP contribution in [0.2, 0.25) is 0 Å². The molecule has 1 saturated heterocycles. The van der Waals surface area contributed by atoms with Gasteiger partial charge in [0, 0.05) is 44.5 Å². The highest BCUT2D eigenvalue weighted by molar-refractivity contribution is 14.0. The number of aliphatic imine (C=N–C) groups is 1. The molecular formula is C24H29IN6O2. The molecular weight excluding hydrogens is 531 g/mol. The molecule has 3 aromatic rings. The van der Waals surface area contributed by atoms with E-state index in [1.165, 1.54) is 5.69 Å². The van der Waals surface area contributed by atoms with Gasteiger partial charge in [-0.25, -0.2) is 4.98 Å². The normalized spacial score (nSPS) is 13.9. The summed E-state index contributed by atoms with van der Waals surface area (Å²) in [6, 6.07) is 20.1. The molecule has 33 heavy (non-hydrogen) atoms. The van der Waals surface area contributed by atoms with E-state index in [-0.39, 0.29) is 36.4 Å². The molecule has 0 spiro atoms. The molecule has 2 heterocycles. The first-order valence-corrected chi connectivity index (χ1v) is 10.7. The van der Waals surface area contributed by atoms with E-state index in [0.717, 1.165) is 24.3 Å². The number of nitrogens with one attached hydrogen (secondary N) is 2. The number of carbonyl (C=O) groups excluding carboxylic acids is 1. The summed E-state index contributed by atoms with van der Waals surface area (Å²) in [4.78, 5) is 25.5. The minimum Gasteiger partial charge on any atom is -0.444 e. The summed E-state index contributed by atoms with van der Waals surface area (Å²) in [5.74, 6) is 1.19. The van der Waals surface area contributed by atoms with Crippen LogP contribution in [-0.2, 0) is 11.3 Å². The van der Waals surface area contributed by atoms with E-state index in [1.54, 1.807) is 13.3 Å². The molecule has 1 aromatic heterocycles. The van der Waals surface area contributed by atoms with E-state index in [9.17, 15) is 4.79 Å². The monoisotopic (exact) mass is 560 g/mol. The van der Waals surface area contributed by atoms with Crippen molar-refractivity contribution in [2.45, 2.75) is 6.54 Å². The Morgan fingerprint density at radius 2 is 1.67 bits per heavy atom. The van der Waals surface area contributed by atoms with E-state index >= 15 is 0 Å². The molecule has 0 bridgehead atoms. The highest BCUT2D eigenvalue weighted by Gasteiger charge is 2.21. The molecule has 1 fully saturated rings. The molecule has 0 radical (unpaired) electrons. The first-order chi connectivity index (χ1) is 15.7. The molecule has 4 rings (SSSR count). The number of nitrogens with zero attached hydrogens (tertiary/aromatic N) is 4. The van der Waals surface area contributed by atoms with Crippen molar-refractivity contribution in [2.24, 2.45) is 4.99 Å².